The Hall–Kier alpha value is -2.64. The third-order valence-corrected chi connectivity index (χ3v) is 7.61. The van der Waals surface area contributed by atoms with Crippen molar-refractivity contribution in [2.24, 2.45) is 0 Å². The Bertz CT molecular complexity index is 1230. The summed E-state index contributed by atoms with van der Waals surface area (Å²) < 4.78 is 2.94. The van der Waals surface area contributed by atoms with Gasteiger partial charge in [-0.1, -0.05) is 30.4 Å². The maximum Gasteiger partial charge on any atom is 0.229 e. The average molecular weight is 463 g/mol. The highest BCUT2D eigenvalue weighted by atomic mass is 32.2. The van der Waals surface area contributed by atoms with Crippen LogP contribution in [0.1, 0.15) is 42.1 Å². The van der Waals surface area contributed by atoms with Crippen LogP contribution in [0.5, 0.6) is 0 Å². The van der Waals surface area contributed by atoms with E-state index in [1.54, 1.807) is 27.8 Å². The van der Waals surface area contributed by atoms with Crippen LogP contribution < -0.4 is 5.32 Å². The highest BCUT2D eigenvalue weighted by Gasteiger charge is 2.17. The van der Waals surface area contributed by atoms with Gasteiger partial charge in [-0.25, -0.2) is 4.98 Å². The number of thioether (sulfide) groups is 1. The molecule has 0 saturated heterocycles. The van der Waals surface area contributed by atoms with Crippen molar-refractivity contribution in [3.8, 4) is 5.13 Å². The molecule has 0 fully saturated rings. The van der Waals surface area contributed by atoms with Gasteiger partial charge in [-0.05, 0) is 79.3 Å². The molecular formula is C25H26N4OS2. The standard InChI is InChI=1S/C25H26N4OS2/c1-3-31-20-10-8-17(9-11-20)13-24(30)27-23-12-16(2)28-29(23)25-26-21-14-18-6-4-5-7-19(18)15-22(21)32-25/h8-12,14-15H,3-7,13H2,1-2H3,(H,27,30). The molecule has 5 rings (SSSR count). The van der Waals surface area contributed by atoms with E-state index in [4.69, 9.17) is 4.98 Å². The van der Waals surface area contributed by atoms with Crippen molar-refractivity contribution in [3.63, 3.8) is 0 Å². The highest BCUT2D eigenvalue weighted by molar-refractivity contribution is 7.99. The summed E-state index contributed by atoms with van der Waals surface area (Å²) in [5, 5.41) is 8.44. The van der Waals surface area contributed by atoms with Crippen molar-refractivity contribution in [2.75, 3.05) is 11.1 Å². The molecule has 5 nitrogen and oxygen atoms in total. The van der Waals surface area contributed by atoms with Gasteiger partial charge in [0.2, 0.25) is 11.0 Å². The summed E-state index contributed by atoms with van der Waals surface area (Å²) in [5.41, 5.74) is 5.74. The zero-order valence-corrected chi connectivity index (χ0v) is 20.0. The Balaban J connectivity index is 1.37. The first-order valence-corrected chi connectivity index (χ1v) is 12.9. The fraction of sp³-hybridized carbons (Fsp3) is 0.320. The van der Waals surface area contributed by atoms with Gasteiger partial charge in [-0.3, -0.25) is 4.79 Å². The quantitative estimate of drug-likeness (QED) is 0.359. The second kappa shape index (κ2) is 9.08. The number of rotatable bonds is 6. The van der Waals surface area contributed by atoms with Gasteiger partial charge < -0.3 is 5.32 Å². The summed E-state index contributed by atoms with van der Waals surface area (Å²) in [6.07, 6.45) is 5.13. The van der Waals surface area contributed by atoms with Gasteiger partial charge in [0.1, 0.15) is 5.82 Å². The lowest BCUT2D eigenvalue weighted by atomic mass is 9.92. The first-order chi connectivity index (χ1) is 15.6. The maximum absolute atomic E-state index is 12.8. The number of aromatic nitrogens is 3. The number of fused-ring (bicyclic) bond motifs is 2. The summed E-state index contributed by atoms with van der Waals surface area (Å²) in [5.74, 6) is 1.64. The predicted molar refractivity (Wildman–Crippen MR) is 133 cm³/mol. The molecule has 2 heterocycles. The van der Waals surface area contributed by atoms with Crippen LogP contribution >= 0.6 is 23.1 Å². The molecule has 0 atom stereocenters. The lowest BCUT2D eigenvalue weighted by Gasteiger charge is -2.14. The molecular weight excluding hydrogens is 436 g/mol. The number of amides is 1. The van der Waals surface area contributed by atoms with Crippen molar-refractivity contribution in [3.05, 3.63) is 64.8 Å². The molecule has 1 N–H and O–H groups in total. The van der Waals surface area contributed by atoms with Crippen molar-refractivity contribution in [2.45, 2.75) is 50.8 Å². The van der Waals surface area contributed by atoms with Gasteiger partial charge in [0.05, 0.1) is 22.3 Å². The van der Waals surface area contributed by atoms with Crippen LogP contribution in [0.4, 0.5) is 5.82 Å². The Morgan fingerprint density at radius 2 is 1.88 bits per heavy atom. The van der Waals surface area contributed by atoms with Crippen LogP contribution in [0.15, 0.2) is 47.4 Å². The van der Waals surface area contributed by atoms with Crippen LogP contribution in [0, 0.1) is 6.92 Å². The number of hydrogen-bond donors (Lipinski definition) is 1. The van der Waals surface area contributed by atoms with Crippen molar-refractivity contribution < 1.29 is 4.79 Å². The summed E-state index contributed by atoms with van der Waals surface area (Å²) in [6.45, 7) is 4.07. The second-order valence-corrected chi connectivity index (χ2v) is 10.5. The number of nitrogens with zero attached hydrogens (tertiary/aromatic N) is 3. The number of thiazole rings is 1. The molecule has 4 aromatic rings. The summed E-state index contributed by atoms with van der Waals surface area (Å²) in [7, 11) is 0. The molecule has 1 amide bonds. The molecule has 0 unspecified atom stereocenters. The van der Waals surface area contributed by atoms with Crippen LogP contribution in [0.3, 0.4) is 0 Å². The molecule has 0 bridgehead atoms. The number of benzene rings is 2. The first-order valence-electron chi connectivity index (χ1n) is 11.1. The first kappa shape index (κ1) is 21.2. The highest BCUT2D eigenvalue weighted by Crippen LogP contribution is 2.32. The van der Waals surface area contributed by atoms with Crippen molar-refractivity contribution in [1.82, 2.24) is 14.8 Å². The zero-order valence-electron chi connectivity index (χ0n) is 18.4. The van der Waals surface area contributed by atoms with E-state index in [0.29, 0.717) is 12.2 Å². The number of carbonyl (C=O) groups excluding carboxylic acids is 1. The van der Waals surface area contributed by atoms with E-state index in [2.05, 4.69) is 41.6 Å². The minimum Gasteiger partial charge on any atom is -0.310 e. The van der Waals surface area contributed by atoms with Crippen LogP contribution in [0.25, 0.3) is 15.3 Å². The van der Waals surface area contributed by atoms with Gasteiger partial charge in [-0.15, -0.1) is 11.8 Å². The number of anilines is 1. The van der Waals surface area contributed by atoms with Gasteiger partial charge >= 0.3 is 0 Å². The van der Waals surface area contributed by atoms with E-state index < -0.39 is 0 Å². The van der Waals surface area contributed by atoms with E-state index in [9.17, 15) is 4.79 Å². The lowest BCUT2D eigenvalue weighted by molar-refractivity contribution is -0.115. The summed E-state index contributed by atoms with van der Waals surface area (Å²) in [6, 6.07) is 14.6. The van der Waals surface area contributed by atoms with E-state index in [1.165, 1.54) is 33.6 Å². The number of aryl methyl sites for hydroxylation is 3. The molecule has 0 spiro atoms. The molecule has 0 saturated carbocycles. The SMILES string of the molecule is CCSc1ccc(CC(=O)Nc2cc(C)nn2-c2nc3cc4c(cc3s2)CCCC4)cc1. The second-order valence-electron chi connectivity index (χ2n) is 8.18. The Morgan fingerprint density at radius 1 is 1.12 bits per heavy atom. The van der Waals surface area contributed by atoms with E-state index in [-0.39, 0.29) is 5.91 Å². The monoisotopic (exact) mass is 462 g/mol. The third kappa shape index (κ3) is 4.45. The minimum absolute atomic E-state index is 0.0568. The van der Waals surface area contributed by atoms with Crippen LogP contribution in [0.2, 0.25) is 0 Å². The van der Waals surface area contributed by atoms with Gasteiger partial charge in [-0.2, -0.15) is 9.78 Å². The summed E-state index contributed by atoms with van der Waals surface area (Å²) in [4.78, 5) is 18.8. The molecule has 1 aliphatic rings. The zero-order chi connectivity index (χ0) is 22.1. The molecule has 7 heteroatoms. The van der Waals surface area contributed by atoms with Crippen molar-refractivity contribution in [1.29, 1.82) is 0 Å². The van der Waals surface area contributed by atoms with Gasteiger partial charge in [0.25, 0.3) is 0 Å². The molecule has 0 radical (unpaired) electrons. The van der Waals surface area contributed by atoms with Crippen molar-refractivity contribution >= 4 is 45.0 Å². The van der Waals surface area contributed by atoms with Gasteiger partial charge in [0.15, 0.2) is 0 Å². The molecule has 164 valence electrons. The summed E-state index contributed by atoms with van der Waals surface area (Å²) >= 11 is 3.42. The normalized spacial score (nSPS) is 13.3. The van der Waals surface area contributed by atoms with E-state index in [1.807, 2.05) is 25.1 Å². The molecule has 1 aliphatic carbocycles. The Morgan fingerprint density at radius 3 is 2.62 bits per heavy atom. The molecule has 2 aromatic carbocycles. The van der Waals surface area contributed by atoms with E-state index >= 15 is 0 Å². The molecule has 0 aliphatic heterocycles. The number of nitrogens with one attached hydrogen (secondary N) is 1. The molecule has 32 heavy (non-hydrogen) atoms. The van der Waals surface area contributed by atoms with E-state index in [0.717, 1.165) is 40.5 Å². The fourth-order valence-corrected chi connectivity index (χ4v) is 5.85. The van der Waals surface area contributed by atoms with Crippen LogP contribution in [-0.4, -0.2) is 26.4 Å². The Labute approximate surface area is 196 Å². The molecule has 2 aromatic heterocycles. The smallest absolute Gasteiger partial charge is 0.229 e. The fourth-order valence-electron chi connectivity index (χ4n) is 4.21. The lowest BCUT2D eigenvalue weighted by Crippen LogP contribution is -2.17. The maximum atomic E-state index is 12.8. The number of hydrogen-bond acceptors (Lipinski definition) is 5. The Kier molecular flexibility index (Phi) is 6.02. The topological polar surface area (TPSA) is 59.8 Å². The predicted octanol–water partition coefficient (Wildman–Crippen LogP) is 5.96. The van der Waals surface area contributed by atoms with Gasteiger partial charge in [0, 0.05) is 11.0 Å². The van der Waals surface area contributed by atoms with Crippen LogP contribution in [-0.2, 0) is 24.1 Å². The largest absolute Gasteiger partial charge is 0.310 e. The third-order valence-electron chi connectivity index (χ3n) is 5.72. The number of carbonyl (C=O) groups is 1. The minimum atomic E-state index is -0.0568. The average Bonchev–Trinajstić information content (AvgIpc) is 3.35.